The Labute approximate surface area is 94.4 Å². The van der Waals surface area contributed by atoms with Gasteiger partial charge in [0.25, 0.3) is 0 Å². The number of ether oxygens (including phenoxy) is 1. The van der Waals surface area contributed by atoms with Crippen LogP contribution in [0.25, 0.3) is 0 Å². The van der Waals surface area contributed by atoms with Crippen molar-refractivity contribution in [1.82, 2.24) is 0 Å². The highest BCUT2D eigenvalue weighted by molar-refractivity contribution is 5.91. The van der Waals surface area contributed by atoms with Gasteiger partial charge in [0.2, 0.25) is 0 Å². The maximum absolute atomic E-state index is 10.9. The van der Waals surface area contributed by atoms with E-state index >= 15 is 0 Å². The van der Waals surface area contributed by atoms with Crippen LogP contribution in [-0.4, -0.2) is 31.3 Å². The van der Waals surface area contributed by atoms with Crippen LogP contribution in [0.2, 0.25) is 0 Å². The van der Waals surface area contributed by atoms with E-state index in [9.17, 15) is 4.79 Å². The van der Waals surface area contributed by atoms with Gasteiger partial charge in [-0.05, 0) is 25.0 Å². The summed E-state index contributed by atoms with van der Waals surface area (Å²) in [5, 5.41) is 8.96. The van der Waals surface area contributed by atoms with Crippen molar-refractivity contribution in [3.05, 3.63) is 23.8 Å². The second kappa shape index (κ2) is 4.43. The molecule has 0 amide bonds. The molecule has 2 rings (SSSR count). The maximum atomic E-state index is 10.9. The van der Waals surface area contributed by atoms with Crippen LogP contribution in [0.3, 0.4) is 0 Å². The lowest BCUT2D eigenvalue weighted by molar-refractivity contribution is 0.0693. The van der Waals surface area contributed by atoms with Gasteiger partial charge in [-0.15, -0.1) is 0 Å². The molecule has 1 aliphatic heterocycles. The van der Waals surface area contributed by atoms with E-state index in [2.05, 4.69) is 4.90 Å². The molecule has 1 aliphatic rings. The molecule has 4 nitrogen and oxygen atoms in total. The summed E-state index contributed by atoms with van der Waals surface area (Å²) in [4.78, 5) is 13.2. The number of benzene rings is 1. The van der Waals surface area contributed by atoms with Crippen molar-refractivity contribution < 1.29 is 14.6 Å². The fourth-order valence-corrected chi connectivity index (χ4v) is 2.03. The molecule has 1 heterocycles. The summed E-state index contributed by atoms with van der Waals surface area (Å²) in [7, 11) is 1.50. The normalized spacial score (nSPS) is 15.2. The van der Waals surface area contributed by atoms with Crippen LogP contribution in [0.5, 0.6) is 5.75 Å². The first-order valence-electron chi connectivity index (χ1n) is 5.38. The molecule has 0 spiro atoms. The minimum atomic E-state index is -0.954. The summed E-state index contributed by atoms with van der Waals surface area (Å²) in [5.74, 6) is -0.526. The first-order chi connectivity index (χ1) is 7.72. The van der Waals surface area contributed by atoms with Crippen molar-refractivity contribution >= 4 is 11.7 Å². The molecule has 1 N–H and O–H groups in total. The van der Waals surface area contributed by atoms with Gasteiger partial charge in [0.15, 0.2) is 0 Å². The molecule has 0 radical (unpaired) electrons. The van der Waals surface area contributed by atoms with Gasteiger partial charge in [0, 0.05) is 24.8 Å². The number of hydrogen-bond donors (Lipinski definition) is 1. The number of hydrogen-bond acceptors (Lipinski definition) is 3. The van der Waals surface area contributed by atoms with Crippen molar-refractivity contribution in [2.24, 2.45) is 0 Å². The van der Waals surface area contributed by atoms with Gasteiger partial charge in [0.1, 0.15) is 11.3 Å². The number of anilines is 1. The van der Waals surface area contributed by atoms with Crippen LogP contribution >= 0.6 is 0 Å². The zero-order chi connectivity index (χ0) is 11.5. The molecule has 0 unspecified atom stereocenters. The Morgan fingerprint density at radius 3 is 2.62 bits per heavy atom. The van der Waals surface area contributed by atoms with Crippen LogP contribution in [0.4, 0.5) is 5.69 Å². The van der Waals surface area contributed by atoms with Crippen molar-refractivity contribution in [3.63, 3.8) is 0 Å². The van der Waals surface area contributed by atoms with Crippen LogP contribution in [-0.2, 0) is 0 Å². The maximum Gasteiger partial charge on any atom is 0.339 e. The molecule has 1 saturated heterocycles. The van der Waals surface area contributed by atoms with Crippen molar-refractivity contribution in [2.45, 2.75) is 12.8 Å². The highest BCUT2D eigenvalue weighted by Crippen LogP contribution is 2.27. The molecule has 0 aliphatic carbocycles. The summed E-state index contributed by atoms with van der Waals surface area (Å²) < 4.78 is 5.10. The van der Waals surface area contributed by atoms with Crippen molar-refractivity contribution in [1.29, 1.82) is 0 Å². The van der Waals surface area contributed by atoms with E-state index in [1.54, 1.807) is 12.1 Å². The van der Waals surface area contributed by atoms with Gasteiger partial charge in [0.05, 0.1) is 7.11 Å². The standard InChI is InChI=1S/C12H15NO3/c1-16-11-8-9(13-6-2-3-7-13)4-5-10(11)12(14)15/h4-5,8H,2-3,6-7H2,1H3,(H,14,15). The highest BCUT2D eigenvalue weighted by atomic mass is 16.5. The van der Waals surface area contributed by atoms with Crippen molar-refractivity contribution in [3.8, 4) is 5.75 Å². The first-order valence-corrected chi connectivity index (χ1v) is 5.38. The number of methoxy groups -OCH3 is 1. The fraction of sp³-hybridized carbons (Fsp3) is 0.417. The van der Waals surface area contributed by atoms with E-state index in [0.717, 1.165) is 18.8 Å². The van der Waals surface area contributed by atoms with Crippen LogP contribution in [0.15, 0.2) is 18.2 Å². The summed E-state index contributed by atoms with van der Waals surface area (Å²) in [6.07, 6.45) is 2.39. The van der Waals surface area contributed by atoms with E-state index in [0.29, 0.717) is 5.75 Å². The predicted molar refractivity (Wildman–Crippen MR) is 61.4 cm³/mol. The smallest absolute Gasteiger partial charge is 0.339 e. The Morgan fingerprint density at radius 2 is 2.06 bits per heavy atom. The van der Waals surface area contributed by atoms with Gasteiger partial charge >= 0.3 is 5.97 Å². The number of nitrogens with zero attached hydrogens (tertiary/aromatic N) is 1. The third kappa shape index (κ3) is 1.96. The number of aromatic carboxylic acids is 1. The molecule has 1 aromatic carbocycles. The van der Waals surface area contributed by atoms with E-state index < -0.39 is 5.97 Å². The number of carbonyl (C=O) groups is 1. The molecular formula is C12H15NO3. The summed E-state index contributed by atoms with van der Waals surface area (Å²) >= 11 is 0. The number of rotatable bonds is 3. The van der Waals surface area contributed by atoms with Gasteiger partial charge in [-0.1, -0.05) is 0 Å². The molecular weight excluding hydrogens is 206 g/mol. The zero-order valence-electron chi connectivity index (χ0n) is 9.27. The Balaban J connectivity index is 2.32. The van der Waals surface area contributed by atoms with Crippen LogP contribution < -0.4 is 9.64 Å². The molecule has 0 atom stereocenters. The second-order valence-electron chi connectivity index (χ2n) is 3.88. The van der Waals surface area contributed by atoms with E-state index in [1.165, 1.54) is 20.0 Å². The third-order valence-corrected chi connectivity index (χ3v) is 2.89. The molecule has 86 valence electrons. The number of carboxylic acid groups (broad SMARTS) is 1. The third-order valence-electron chi connectivity index (χ3n) is 2.89. The summed E-state index contributed by atoms with van der Waals surface area (Å²) in [5.41, 5.74) is 1.25. The van der Waals surface area contributed by atoms with Crippen LogP contribution in [0.1, 0.15) is 23.2 Å². The number of carboxylic acids is 1. The minimum Gasteiger partial charge on any atom is -0.496 e. The lowest BCUT2D eigenvalue weighted by atomic mass is 10.1. The predicted octanol–water partition coefficient (Wildman–Crippen LogP) is 1.99. The molecule has 0 saturated carbocycles. The van der Waals surface area contributed by atoms with Gasteiger partial charge in [-0.25, -0.2) is 4.79 Å². The molecule has 1 aromatic rings. The monoisotopic (exact) mass is 221 g/mol. The molecule has 16 heavy (non-hydrogen) atoms. The second-order valence-corrected chi connectivity index (χ2v) is 3.88. The molecule has 0 aromatic heterocycles. The summed E-state index contributed by atoms with van der Waals surface area (Å²) in [6, 6.07) is 5.25. The van der Waals surface area contributed by atoms with E-state index in [4.69, 9.17) is 9.84 Å². The van der Waals surface area contributed by atoms with E-state index in [1.807, 2.05) is 6.07 Å². The highest BCUT2D eigenvalue weighted by Gasteiger charge is 2.16. The van der Waals surface area contributed by atoms with Gasteiger partial charge < -0.3 is 14.7 Å². The SMILES string of the molecule is COc1cc(N2CCCC2)ccc1C(=O)O. The Kier molecular flexibility index (Phi) is 2.99. The first kappa shape index (κ1) is 10.8. The Bertz CT molecular complexity index is 397. The lowest BCUT2D eigenvalue weighted by Crippen LogP contribution is -2.17. The van der Waals surface area contributed by atoms with Crippen LogP contribution in [0, 0.1) is 0 Å². The fourth-order valence-electron chi connectivity index (χ4n) is 2.03. The average molecular weight is 221 g/mol. The van der Waals surface area contributed by atoms with E-state index in [-0.39, 0.29) is 5.56 Å². The Morgan fingerprint density at radius 1 is 1.38 bits per heavy atom. The average Bonchev–Trinajstić information content (AvgIpc) is 2.81. The minimum absolute atomic E-state index is 0.213. The Hall–Kier alpha value is -1.71. The summed E-state index contributed by atoms with van der Waals surface area (Å²) in [6.45, 7) is 2.07. The van der Waals surface area contributed by atoms with Gasteiger partial charge in [-0.3, -0.25) is 0 Å². The zero-order valence-corrected chi connectivity index (χ0v) is 9.27. The quantitative estimate of drug-likeness (QED) is 0.848. The topological polar surface area (TPSA) is 49.8 Å². The van der Waals surface area contributed by atoms with Crippen molar-refractivity contribution in [2.75, 3.05) is 25.1 Å². The molecule has 4 heteroatoms. The van der Waals surface area contributed by atoms with Gasteiger partial charge in [-0.2, -0.15) is 0 Å². The molecule has 0 bridgehead atoms. The molecule has 1 fully saturated rings. The lowest BCUT2D eigenvalue weighted by Gasteiger charge is -2.18. The largest absolute Gasteiger partial charge is 0.496 e.